The molecule has 1 saturated heterocycles. The quantitative estimate of drug-likeness (QED) is 0.868. The van der Waals surface area contributed by atoms with E-state index in [4.69, 9.17) is 4.52 Å². The maximum absolute atomic E-state index is 12.9. The normalized spacial score (nSPS) is 21.5. The SMILES string of the molecule is Cc1cc(C(=O)N2CCC[C@H]2c2noc(C3CC3)n2)c(C)s1. The fourth-order valence-electron chi connectivity index (χ4n) is 3.15. The summed E-state index contributed by atoms with van der Waals surface area (Å²) in [5.74, 6) is 1.98. The monoisotopic (exact) mass is 317 g/mol. The van der Waals surface area contributed by atoms with Gasteiger partial charge in [-0.15, -0.1) is 11.3 Å². The van der Waals surface area contributed by atoms with Crippen LogP contribution in [0.4, 0.5) is 0 Å². The van der Waals surface area contributed by atoms with Gasteiger partial charge in [0.2, 0.25) is 5.89 Å². The number of nitrogens with zero attached hydrogens (tertiary/aromatic N) is 3. The maximum Gasteiger partial charge on any atom is 0.255 e. The summed E-state index contributed by atoms with van der Waals surface area (Å²) in [7, 11) is 0. The van der Waals surface area contributed by atoms with Gasteiger partial charge in [0.25, 0.3) is 5.91 Å². The largest absolute Gasteiger partial charge is 0.339 e. The zero-order chi connectivity index (χ0) is 15.3. The molecule has 2 aliphatic rings. The highest BCUT2D eigenvalue weighted by molar-refractivity contribution is 7.12. The van der Waals surface area contributed by atoms with Crippen molar-refractivity contribution in [3.8, 4) is 0 Å². The van der Waals surface area contributed by atoms with Crippen molar-refractivity contribution in [2.45, 2.75) is 51.5 Å². The van der Waals surface area contributed by atoms with Crippen LogP contribution in [0.3, 0.4) is 0 Å². The molecular weight excluding hydrogens is 298 g/mol. The van der Waals surface area contributed by atoms with Crippen molar-refractivity contribution < 1.29 is 9.32 Å². The Labute approximate surface area is 133 Å². The fraction of sp³-hybridized carbons (Fsp3) is 0.562. The van der Waals surface area contributed by atoms with Crippen molar-refractivity contribution in [3.63, 3.8) is 0 Å². The second-order valence-corrected chi connectivity index (χ2v) is 7.71. The van der Waals surface area contributed by atoms with E-state index in [9.17, 15) is 4.79 Å². The molecule has 0 unspecified atom stereocenters. The summed E-state index contributed by atoms with van der Waals surface area (Å²) in [6, 6.07) is 1.95. The molecule has 2 fully saturated rings. The van der Waals surface area contributed by atoms with Crippen LogP contribution in [0.15, 0.2) is 10.6 Å². The predicted molar refractivity (Wildman–Crippen MR) is 83.1 cm³/mol. The topological polar surface area (TPSA) is 59.2 Å². The number of aryl methyl sites for hydroxylation is 2. The van der Waals surface area contributed by atoms with Crippen molar-refractivity contribution in [2.24, 2.45) is 0 Å². The molecule has 2 aromatic rings. The predicted octanol–water partition coefficient (Wildman–Crippen LogP) is 3.60. The molecule has 1 aliphatic carbocycles. The third-order valence-electron chi connectivity index (χ3n) is 4.47. The molecule has 116 valence electrons. The number of carbonyl (C=O) groups excluding carboxylic acids is 1. The first-order chi connectivity index (χ1) is 10.6. The summed E-state index contributed by atoms with van der Waals surface area (Å²) in [6.45, 7) is 4.82. The number of rotatable bonds is 3. The molecule has 6 heteroatoms. The summed E-state index contributed by atoms with van der Waals surface area (Å²) < 4.78 is 5.37. The van der Waals surface area contributed by atoms with E-state index in [1.807, 2.05) is 24.8 Å². The van der Waals surface area contributed by atoms with Crippen LogP contribution >= 0.6 is 11.3 Å². The van der Waals surface area contributed by atoms with Crippen LogP contribution in [-0.4, -0.2) is 27.5 Å². The van der Waals surface area contributed by atoms with Gasteiger partial charge in [-0.2, -0.15) is 4.98 Å². The fourth-order valence-corrected chi connectivity index (χ4v) is 4.07. The van der Waals surface area contributed by atoms with Crippen molar-refractivity contribution in [1.82, 2.24) is 15.0 Å². The van der Waals surface area contributed by atoms with Gasteiger partial charge in [0.15, 0.2) is 5.82 Å². The second kappa shape index (κ2) is 5.19. The summed E-state index contributed by atoms with van der Waals surface area (Å²) in [5.41, 5.74) is 0.820. The molecule has 0 bridgehead atoms. The lowest BCUT2D eigenvalue weighted by atomic mass is 10.1. The van der Waals surface area contributed by atoms with Crippen molar-refractivity contribution in [2.75, 3.05) is 6.54 Å². The second-order valence-electron chi connectivity index (χ2n) is 6.25. The van der Waals surface area contributed by atoms with E-state index < -0.39 is 0 Å². The first kappa shape index (κ1) is 13.9. The lowest BCUT2D eigenvalue weighted by Gasteiger charge is -2.22. The average molecular weight is 317 g/mol. The van der Waals surface area contributed by atoms with E-state index in [1.165, 1.54) is 4.88 Å². The molecule has 22 heavy (non-hydrogen) atoms. The third-order valence-corrected chi connectivity index (χ3v) is 5.43. The van der Waals surface area contributed by atoms with E-state index in [2.05, 4.69) is 10.1 Å². The zero-order valence-corrected chi connectivity index (χ0v) is 13.7. The molecule has 0 spiro atoms. The molecular formula is C16H19N3O2S. The van der Waals surface area contributed by atoms with Crippen LogP contribution in [0.2, 0.25) is 0 Å². The molecule has 1 aliphatic heterocycles. The highest BCUT2D eigenvalue weighted by Crippen LogP contribution is 2.40. The molecule has 3 heterocycles. The van der Waals surface area contributed by atoms with E-state index in [-0.39, 0.29) is 11.9 Å². The van der Waals surface area contributed by atoms with Gasteiger partial charge in [0.1, 0.15) is 0 Å². The zero-order valence-electron chi connectivity index (χ0n) is 12.8. The number of hydrogen-bond acceptors (Lipinski definition) is 5. The summed E-state index contributed by atoms with van der Waals surface area (Å²) in [6.07, 6.45) is 4.19. The molecule has 0 aromatic carbocycles. The summed E-state index contributed by atoms with van der Waals surface area (Å²) in [4.78, 5) is 21.6. The first-order valence-electron chi connectivity index (χ1n) is 7.85. The van der Waals surface area contributed by atoms with E-state index >= 15 is 0 Å². The molecule has 4 rings (SSSR count). The minimum absolute atomic E-state index is 0.0386. The van der Waals surface area contributed by atoms with Crippen LogP contribution in [0.25, 0.3) is 0 Å². The van der Waals surface area contributed by atoms with Gasteiger partial charge in [-0.3, -0.25) is 4.79 Å². The lowest BCUT2D eigenvalue weighted by molar-refractivity contribution is 0.0728. The van der Waals surface area contributed by atoms with Crippen LogP contribution in [0.5, 0.6) is 0 Å². The van der Waals surface area contributed by atoms with Gasteiger partial charge < -0.3 is 9.42 Å². The molecule has 2 aromatic heterocycles. The molecule has 0 radical (unpaired) electrons. The Bertz CT molecular complexity index is 717. The Morgan fingerprint density at radius 3 is 2.86 bits per heavy atom. The lowest BCUT2D eigenvalue weighted by Crippen LogP contribution is -2.31. The summed E-state index contributed by atoms with van der Waals surface area (Å²) >= 11 is 1.67. The van der Waals surface area contributed by atoms with Gasteiger partial charge in [-0.1, -0.05) is 5.16 Å². The smallest absolute Gasteiger partial charge is 0.255 e. The van der Waals surface area contributed by atoms with E-state index in [1.54, 1.807) is 11.3 Å². The molecule has 5 nitrogen and oxygen atoms in total. The molecule has 1 atom stereocenters. The number of likely N-dealkylation sites (tertiary alicyclic amines) is 1. The van der Waals surface area contributed by atoms with Gasteiger partial charge in [0, 0.05) is 22.2 Å². The minimum atomic E-state index is -0.0386. The average Bonchev–Trinajstić information content (AvgIpc) is 2.92. The number of thiophene rings is 1. The number of carbonyl (C=O) groups is 1. The van der Waals surface area contributed by atoms with Crippen LogP contribution in [0, 0.1) is 13.8 Å². The van der Waals surface area contributed by atoms with Crippen LogP contribution in [-0.2, 0) is 0 Å². The van der Waals surface area contributed by atoms with Crippen LogP contribution < -0.4 is 0 Å². The molecule has 1 amide bonds. The Balaban J connectivity index is 1.59. The molecule has 0 N–H and O–H groups in total. The highest BCUT2D eigenvalue weighted by atomic mass is 32.1. The Kier molecular flexibility index (Phi) is 3.29. The number of amides is 1. The number of hydrogen-bond donors (Lipinski definition) is 0. The van der Waals surface area contributed by atoms with Crippen molar-refractivity contribution >= 4 is 17.2 Å². The van der Waals surface area contributed by atoms with Gasteiger partial charge in [-0.25, -0.2) is 0 Å². The van der Waals surface area contributed by atoms with E-state index in [0.29, 0.717) is 11.7 Å². The Morgan fingerprint density at radius 1 is 1.36 bits per heavy atom. The van der Waals surface area contributed by atoms with Gasteiger partial charge >= 0.3 is 0 Å². The third kappa shape index (κ3) is 2.35. The van der Waals surface area contributed by atoms with Gasteiger partial charge in [0.05, 0.1) is 11.6 Å². The number of aromatic nitrogens is 2. The maximum atomic E-state index is 12.9. The summed E-state index contributed by atoms with van der Waals surface area (Å²) in [5, 5.41) is 4.14. The van der Waals surface area contributed by atoms with Crippen molar-refractivity contribution in [3.05, 3.63) is 33.1 Å². The van der Waals surface area contributed by atoms with Gasteiger partial charge in [-0.05, 0) is 45.6 Å². The van der Waals surface area contributed by atoms with Crippen LogP contribution in [0.1, 0.15) is 69.5 Å². The first-order valence-corrected chi connectivity index (χ1v) is 8.66. The van der Waals surface area contributed by atoms with E-state index in [0.717, 1.165) is 48.6 Å². The molecule has 1 saturated carbocycles. The minimum Gasteiger partial charge on any atom is -0.339 e. The van der Waals surface area contributed by atoms with Crippen molar-refractivity contribution in [1.29, 1.82) is 0 Å². The Hall–Kier alpha value is -1.69. The Morgan fingerprint density at radius 2 is 2.18 bits per heavy atom. The standard InChI is InChI=1S/C16H19N3O2S/c1-9-8-12(10(2)22-9)16(20)19-7-3-4-13(19)14-17-15(21-18-14)11-5-6-11/h8,11,13H,3-7H2,1-2H3/t13-/m0/s1. The highest BCUT2D eigenvalue weighted by Gasteiger charge is 2.36.